The van der Waals surface area contributed by atoms with E-state index in [-0.39, 0.29) is 5.75 Å². The lowest BCUT2D eigenvalue weighted by atomic mass is 10.0. The van der Waals surface area contributed by atoms with Gasteiger partial charge in [0.25, 0.3) is 0 Å². The molecule has 0 aliphatic carbocycles. The van der Waals surface area contributed by atoms with Gasteiger partial charge < -0.3 is 4.74 Å². The fraction of sp³-hybridized carbons (Fsp3) is 0.250. The van der Waals surface area contributed by atoms with Crippen LogP contribution in [0.15, 0.2) is 35.3 Å². The lowest BCUT2D eigenvalue weighted by Gasteiger charge is -2.11. The van der Waals surface area contributed by atoms with Gasteiger partial charge in [-0.2, -0.15) is 0 Å². The number of alkyl halides is 3. The van der Waals surface area contributed by atoms with Crippen LogP contribution in [0, 0.1) is 0 Å². The number of hydrogen-bond acceptors (Lipinski definition) is 2. The Kier molecular flexibility index (Phi) is 3.17. The molecule has 0 bridgehead atoms. The molecule has 0 spiro atoms. The van der Waals surface area contributed by atoms with Gasteiger partial charge >= 0.3 is 6.36 Å². The minimum absolute atomic E-state index is 0.202. The molecular formula is C12H10F3NO. The van der Waals surface area contributed by atoms with E-state index < -0.39 is 6.36 Å². The minimum atomic E-state index is -4.64. The third kappa shape index (κ3) is 3.34. The molecule has 0 aromatic heterocycles. The molecule has 0 saturated carbocycles. The van der Waals surface area contributed by atoms with E-state index in [2.05, 4.69) is 9.73 Å². The van der Waals surface area contributed by atoms with Crippen LogP contribution in [0.1, 0.15) is 12.0 Å². The predicted molar refractivity (Wildman–Crippen MR) is 59.1 cm³/mol. The first-order valence-corrected chi connectivity index (χ1v) is 5.10. The van der Waals surface area contributed by atoms with E-state index in [9.17, 15) is 13.2 Å². The first-order chi connectivity index (χ1) is 8.04. The molecular weight excluding hydrogens is 231 g/mol. The standard InChI is InChI=1S/C12H10F3NO/c13-12(14,15)17-11-3-1-9(2-4-11)10-5-7-16-8-6-10/h1-5,7H,6,8H2. The number of ether oxygens (including phenoxy) is 1. The zero-order valence-electron chi connectivity index (χ0n) is 8.87. The summed E-state index contributed by atoms with van der Waals surface area (Å²) in [4.78, 5) is 4.04. The van der Waals surface area contributed by atoms with Gasteiger partial charge in [0.15, 0.2) is 0 Å². The molecule has 0 radical (unpaired) electrons. The van der Waals surface area contributed by atoms with E-state index in [1.165, 1.54) is 12.1 Å². The summed E-state index contributed by atoms with van der Waals surface area (Å²) in [5.74, 6) is -0.202. The van der Waals surface area contributed by atoms with Gasteiger partial charge in [-0.3, -0.25) is 4.99 Å². The Morgan fingerprint density at radius 2 is 1.82 bits per heavy atom. The summed E-state index contributed by atoms with van der Waals surface area (Å²) in [6.07, 6.45) is -0.268. The normalized spacial score (nSPS) is 15.6. The third-order valence-corrected chi connectivity index (χ3v) is 2.35. The average Bonchev–Trinajstić information content (AvgIpc) is 2.29. The molecule has 2 nitrogen and oxygen atoms in total. The maximum atomic E-state index is 11.9. The molecule has 0 atom stereocenters. The number of allylic oxidation sites excluding steroid dienone is 1. The number of rotatable bonds is 2. The monoisotopic (exact) mass is 241 g/mol. The Labute approximate surface area is 96.4 Å². The van der Waals surface area contributed by atoms with Gasteiger partial charge in [-0.05, 0) is 35.8 Å². The first-order valence-electron chi connectivity index (χ1n) is 5.10. The summed E-state index contributed by atoms with van der Waals surface area (Å²) in [6.45, 7) is 0.715. The van der Waals surface area contributed by atoms with Gasteiger partial charge in [-0.15, -0.1) is 13.2 Å². The summed E-state index contributed by atoms with van der Waals surface area (Å²) in [7, 11) is 0. The van der Waals surface area contributed by atoms with E-state index in [0.29, 0.717) is 6.54 Å². The largest absolute Gasteiger partial charge is 0.573 e. The van der Waals surface area contributed by atoms with Gasteiger partial charge in [0.1, 0.15) is 5.75 Å². The number of hydrogen-bond donors (Lipinski definition) is 0. The highest BCUT2D eigenvalue weighted by atomic mass is 19.4. The third-order valence-electron chi connectivity index (χ3n) is 2.35. The lowest BCUT2D eigenvalue weighted by Crippen LogP contribution is -2.17. The molecule has 0 fully saturated rings. The van der Waals surface area contributed by atoms with E-state index in [4.69, 9.17) is 0 Å². The van der Waals surface area contributed by atoms with Crippen molar-refractivity contribution in [2.75, 3.05) is 6.54 Å². The Hall–Kier alpha value is -1.78. The Bertz CT molecular complexity index is 446. The minimum Gasteiger partial charge on any atom is -0.406 e. The zero-order valence-corrected chi connectivity index (χ0v) is 8.87. The van der Waals surface area contributed by atoms with E-state index in [0.717, 1.165) is 17.6 Å². The molecule has 17 heavy (non-hydrogen) atoms. The Morgan fingerprint density at radius 1 is 1.12 bits per heavy atom. The second-order valence-corrected chi connectivity index (χ2v) is 3.57. The quantitative estimate of drug-likeness (QED) is 0.777. The van der Waals surface area contributed by atoms with Crippen molar-refractivity contribution < 1.29 is 17.9 Å². The highest BCUT2D eigenvalue weighted by Crippen LogP contribution is 2.26. The summed E-state index contributed by atoms with van der Waals surface area (Å²) >= 11 is 0. The van der Waals surface area contributed by atoms with Crippen LogP contribution in [0.4, 0.5) is 13.2 Å². The van der Waals surface area contributed by atoms with Crippen LogP contribution in [0.25, 0.3) is 5.57 Å². The number of benzene rings is 1. The molecule has 0 amide bonds. The van der Waals surface area contributed by atoms with Crippen molar-refractivity contribution in [3.05, 3.63) is 35.9 Å². The Balaban J connectivity index is 2.13. The maximum Gasteiger partial charge on any atom is 0.573 e. The maximum absolute atomic E-state index is 11.9. The number of aliphatic imine (C=N–C) groups is 1. The molecule has 0 unspecified atom stereocenters. The van der Waals surface area contributed by atoms with Gasteiger partial charge in [-0.1, -0.05) is 12.1 Å². The van der Waals surface area contributed by atoms with Crippen LogP contribution in [0.2, 0.25) is 0 Å². The van der Waals surface area contributed by atoms with Crippen LogP contribution in [-0.4, -0.2) is 19.1 Å². The second kappa shape index (κ2) is 4.61. The molecule has 1 aromatic carbocycles. The SMILES string of the molecule is FC(F)(F)Oc1ccc(C2=CC=NCC2)cc1. The van der Waals surface area contributed by atoms with Gasteiger partial charge in [0.2, 0.25) is 0 Å². The van der Waals surface area contributed by atoms with Crippen molar-refractivity contribution in [2.45, 2.75) is 12.8 Å². The average molecular weight is 241 g/mol. The summed E-state index contributed by atoms with van der Waals surface area (Å²) in [5, 5.41) is 0. The molecule has 5 heteroatoms. The van der Waals surface area contributed by atoms with Crippen LogP contribution in [0.3, 0.4) is 0 Å². The van der Waals surface area contributed by atoms with E-state index in [1.807, 2.05) is 6.08 Å². The molecule has 1 aromatic rings. The van der Waals surface area contributed by atoms with Crippen molar-refractivity contribution in [1.82, 2.24) is 0 Å². The molecule has 0 saturated heterocycles. The molecule has 90 valence electrons. The highest BCUT2D eigenvalue weighted by molar-refractivity contribution is 5.86. The fourth-order valence-electron chi connectivity index (χ4n) is 1.60. The number of nitrogens with zero attached hydrogens (tertiary/aromatic N) is 1. The van der Waals surface area contributed by atoms with Gasteiger partial charge in [0.05, 0.1) is 0 Å². The second-order valence-electron chi connectivity index (χ2n) is 3.57. The predicted octanol–water partition coefficient (Wildman–Crippen LogP) is 3.44. The fourth-order valence-corrected chi connectivity index (χ4v) is 1.60. The van der Waals surface area contributed by atoms with E-state index in [1.54, 1.807) is 18.3 Å². The van der Waals surface area contributed by atoms with Crippen molar-refractivity contribution in [3.63, 3.8) is 0 Å². The van der Waals surface area contributed by atoms with Gasteiger partial charge in [0, 0.05) is 12.8 Å². The number of dihydropyridines is 1. The number of halogens is 3. The molecule has 1 heterocycles. The van der Waals surface area contributed by atoms with Crippen LogP contribution in [0.5, 0.6) is 5.75 Å². The van der Waals surface area contributed by atoms with Crippen LogP contribution >= 0.6 is 0 Å². The summed E-state index contributed by atoms with van der Waals surface area (Å²) < 4.78 is 39.6. The van der Waals surface area contributed by atoms with Crippen LogP contribution < -0.4 is 4.74 Å². The van der Waals surface area contributed by atoms with Gasteiger partial charge in [-0.25, -0.2) is 0 Å². The highest BCUT2D eigenvalue weighted by Gasteiger charge is 2.30. The summed E-state index contributed by atoms with van der Waals surface area (Å²) in [5.41, 5.74) is 1.96. The Morgan fingerprint density at radius 3 is 2.35 bits per heavy atom. The topological polar surface area (TPSA) is 21.6 Å². The lowest BCUT2D eigenvalue weighted by molar-refractivity contribution is -0.274. The molecule has 1 aliphatic rings. The van der Waals surface area contributed by atoms with E-state index >= 15 is 0 Å². The summed E-state index contributed by atoms with van der Waals surface area (Å²) in [6, 6.07) is 5.86. The zero-order chi connectivity index (χ0) is 12.3. The van der Waals surface area contributed by atoms with Crippen LogP contribution in [-0.2, 0) is 0 Å². The first kappa shape index (κ1) is 11.7. The van der Waals surface area contributed by atoms with Crippen molar-refractivity contribution in [3.8, 4) is 5.75 Å². The molecule has 1 aliphatic heterocycles. The molecule has 2 rings (SSSR count). The van der Waals surface area contributed by atoms with Crippen molar-refractivity contribution >= 4 is 11.8 Å². The smallest absolute Gasteiger partial charge is 0.406 e. The molecule has 0 N–H and O–H groups in total. The van der Waals surface area contributed by atoms with Crippen molar-refractivity contribution in [2.24, 2.45) is 4.99 Å². The van der Waals surface area contributed by atoms with Crippen molar-refractivity contribution in [1.29, 1.82) is 0 Å².